The third kappa shape index (κ3) is 5.83. The summed E-state index contributed by atoms with van der Waals surface area (Å²) in [5, 5.41) is 13.7. The molecule has 0 aliphatic heterocycles. The fraction of sp³-hybridized carbons (Fsp3) is 0.571. The molecule has 2 N–H and O–H groups in total. The minimum Gasteiger partial charge on any atom is -0.389 e. The summed E-state index contributed by atoms with van der Waals surface area (Å²) in [6, 6.07) is 7.87. The van der Waals surface area contributed by atoms with Crippen LogP contribution in [0.1, 0.15) is 32.4 Å². The van der Waals surface area contributed by atoms with E-state index in [0.29, 0.717) is 13.2 Å². The lowest BCUT2D eigenvalue weighted by molar-refractivity contribution is 0.00560. The highest BCUT2D eigenvalue weighted by Gasteiger charge is 2.09. The van der Waals surface area contributed by atoms with E-state index < -0.39 is 6.10 Å². The average molecular weight is 272 g/mol. The molecule has 3 nitrogen and oxygen atoms in total. The highest BCUT2D eigenvalue weighted by Crippen LogP contribution is 2.17. The summed E-state index contributed by atoms with van der Waals surface area (Å²) in [5.74, 6) is 0. The van der Waals surface area contributed by atoms with Crippen LogP contribution in [0, 0.1) is 0 Å². The minimum atomic E-state index is -0.492. The zero-order valence-corrected chi connectivity index (χ0v) is 11.9. The third-order valence-corrected chi connectivity index (χ3v) is 2.87. The third-order valence-electron chi connectivity index (χ3n) is 2.63. The Labute approximate surface area is 114 Å². The van der Waals surface area contributed by atoms with Gasteiger partial charge in [0, 0.05) is 17.6 Å². The zero-order chi connectivity index (χ0) is 13.5. The second-order valence-electron chi connectivity index (χ2n) is 4.72. The van der Waals surface area contributed by atoms with Gasteiger partial charge in [0.2, 0.25) is 0 Å². The first kappa shape index (κ1) is 15.4. The predicted molar refractivity (Wildman–Crippen MR) is 75.0 cm³/mol. The monoisotopic (exact) mass is 271 g/mol. The van der Waals surface area contributed by atoms with Crippen molar-refractivity contribution >= 4 is 11.6 Å². The number of hydrogen-bond acceptors (Lipinski definition) is 3. The van der Waals surface area contributed by atoms with E-state index in [2.05, 4.69) is 5.32 Å². The second-order valence-corrected chi connectivity index (χ2v) is 5.16. The number of nitrogens with one attached hydrogen (secondary N) is 1. The van der Waals surface area contributed by atoms with E-state index in [4.69, 9.17) is 16.3 Å². The van der Waals surface area contributed by atoms with E-state index in [9.17, 15) is 5.11 Å². The van der Waals surface area contributed by atoms with Crippen molar-refractivity contribution < 1.29 is 9.84 Å². The molecule has 0 fully saturated rings. The lowest BCUT2D eigenvalue weighted by Gasteiger charge is -2.18. The molecule has 0 aliphatic carbocycles. The summed E-state index contributed by atoms with van der Waals surface area (Å²) in [6.07, 6.45) is -0.348. The van der Waals surface area contributed by atoms with Crippen molar-refractivity contribution in [3.05, 3.63) is 34.9 Å². The first-order valence-electron chi connectivity index (χ1n) is 6.27. The molecule has 0 aliphatic rings. The van der Waals surface area contributed by atoms with Crippen LogP contribution in [-0.4, -0.2) is 30.5 Å². The van der Waals surface area contributed by atoms with Gasteiger partial charge in [-0.1, -0.05) is 23.7 Å². The van der Waals surface area contributed by atoms with Gasteiger partial charge in [0.05, 0.1) is 18.8 Å². The minimum absolute atomic E-state index is 0.144. The van der Waals surface area contributed by atoms with Crippen molar-refractivity contribution in [1.82, 2.24) is 5.32 Å². The van der Waals surface area contributed by atoms with Gasteiger partial charge in [-0.2, -0.15) is 0 Å². The Kier molecular flexibility index (Phi) is 6.65. The summed E-state index contributed by atoms with van der Waals surface area (Å²) in [4.78, 5) is 0. The topological polar surface area (TPSA) is 41.5 Å². The van der Waals surface area contributed by atoms with Crippen molar-refractivity contribution in [3.8, 4) is 0 Å². The second kappa shape index (κ2) is 7.74. The first-order valence-corrected chi connectivity index (χ1v) is 6.65. The standard InChI is InChI=1S/C14H22ClNO2/c1-10(2)18-9-14(17)8-16-11(3)12-5-4-6-13(15)7-12/h4-7,10-11,14,16-17H,8-9H2,1-3H3. The summed E-state index contributed by atoms with van der Waals surface area (Å²) in [5.41, 5.74) is 1.11. The lowest BCUT2D eigenvalue weighted by Crippen LogP contribution is -2.32. The molecule has 1 aromatic rings. The van der Waals surface area contributed by atoms with E-state index in [-0.39, 0.29) is 12.1 Å². The molecule has 0 amide bonds. The molecule has 0 heterocycles. The van der Waals surface area contributed by atoms with Crippen molar-refractivity contribution in [3.63, 3.8) is 0 Å². The van der Waals surface area contributed by atoms with Gasteiger partial charge in [-0.05, 0) is 38.5 Å². The maximum atomic E-state index is 9.73. The molecule has 0 saturated heterocycles. The summed E-state index contributed by atoms with van der Waals surface area (Å²) in [7, 11) is 0. The fourth-order valence-corrected chi connectivity index (χ4v) is 1.77. The van der Waals surface area contributed by atoms with E-state index in [1.54, 1.807) is 0 Å². The van der Waals surface area contributed by atoms with Crippen LogP contribution in [0.4, 0.5) is 0 Å². The lowest BCUT2D eigenvalue weighted by atomic mass is 10.1. The Balaban J connectivity index is 2.34. The van der Waals surface area contributed by atoms with Crippen molar-refractivity contribution in [2.24, 2.45) is 0 Å². The molecule has 1 rings (SSSR count). The van der Waals surface area contributed by atoms with Crippen LogP contribution in [0.3, 0.4) is 0 Å². The van der Waals surface area contributed by atoms with E-state index in [0.717, 1.165) is 10.6 Å². The molecule has 0 spiro atoms. The number of hydrogen-bond donors (Lipinski definition) is 2. The van der Waals surface area contributed by atoms with Gasteiger partial charge in [0.25, 0.3) is 0 Å². The van der Waals surface area contributed by atoms with E-state index >= 15 is 0 Å². The molecule has 0 radical (unpaired) electrons. The number of rotatable bonds is 7. The van der Waals surface area contributed by atoms with Crippen LogP contribution >= 0.6 is 11.6 Å². The molecule has 2 unspecified atom stereocenters. The smallest absolute Gasteiger partial charge is 0.0898 e. The Morgan fingerprint density at radius 1 is 1.33 bits per heavy atom. The molecule has 0 saturated carbocycles. The zero-order valence-electron chi connectivity index (χ0n) is 11.2. The van der Waals surface area contributed by atoms with Crippen LogP contribution in [0.2, 0.25) is 5.02 Å². The highest BCUT2D eigenvalue weighted by atomic mass is 35.5. The molecule has 102 valence electrons. The number of aliphatic hydroxyl groups is 1. The van der Waals surface area contributed by atoms with Gasteiger partial charge in [-0.25, -0.2) is 0 Å². The van der Waals surface area contributed by atoms with Gasteiger partial charge in [-0.15, -0.1) is 0 Å². The van der Waals surface area contributed by atoms with Crippen molar-refractivity contribution in [2.75, 3.05) is 13.2 Å². The first-order chi connectivity index (χ1) is 8.49. The average Bonchev–Trinajstić information content (AvgIpc) is 2.33. The van der Waals surface area contributed by atoms with Crippen molar-refractivity contribution in [2.45, 2.75) is 39.0 Å². The molecule has 2 atom stereocenters. The van der Waals surface area contributed by atoms with Crippen LogP contribution in [-0.2, 0) is 4.74 Å². The van der Waals surface area contributed by atoms with Crippen LogP contribution in [0.5, 0.6) is 0 Å². The number of ether oxygens (including phenoxy) is 1. The Morgan fingerprint density at radius 2 is 2.06 bits per heavy atom. The van der Waals surface area contributed by atoms with Gasteiger partial charge < -0.3 is 15.2 Å². The molecular weight excluding hydrogens is 250 g/mol. The fourth-order valence-electron chi connectivity index (χ4n) is 1.57. The van der Waals surface area contributed by atoms with Crippen molar-refractivity contribution in [1.29, 1.82) is 0 Å². The summed E-state index contributed by atoms with van der Waals surface area (Å²) >= 11 is 5.94. The SMILES string of the molecule is CC(C)OCC(O)CNC(C)c1cccc(Cl)c1. The summed E-state index contributed by atoms with van der Waals surface area (Å²) in [6.45, 7) is 6.80. The number of halogens is 1. The Bertz CT molecular complexity index is 357. The van der Waals surface area contributed by atoms with Gasteiger partial charge in [0.15, 0.2) is 0 Å². The number of aliphatic hydroxyl groups excluding tert-OH is 1. The van der Waals surface area contributed by atoms with E-state index in [1.165, 1.54) is 0 Å². The molecule has 0 aromatic heterocycles. The van der Waals surface area contributed by atoms with Crippen LogP contribution in [0.25, 0.3) is 0 Å². The number of benzene rings is 1. The molecule has 0 bridgehead atoms. The normalized spacial score (nSPS) is 14.8. The molecule has 18 heavy (non-hydrogen) atoms. The van der Waals surface area contributed by atoms with Gasteiger partial charge in [0.1, 0.15) is 0 Å². The largest absolute Gasteiger partial charge is 0.389 e. The van der Waals surface area contributed by atoms with Crippen LogP contribution in [0.15, 0.2) is 24.3 Å². The molecule has 4 heteroatoms. The van der Waals surface area contributed by atoms with E-state index in [1.807, 2.05) is 45.0 Å². The quantitative estimate of drug-likeness (QED) is 0.801. The predicted octanol–water partition coefficient (Wildman–Crippen LogP) is 2.78. The Hall–Kier alpha value is -0.610. The maximum absolute atomic E-state index is 9.73. The summed E-state index contributed by atoms with van der Waals surface area (Å²) < 4.78 is 5.35. The Morgan fingerprint density at radius 3 is 2.67 bits per heavy atom. The highest BCUT2D eigenvalue weighted by molar-refractivity contribution is 6.30. The molecular formula is C14H22ClNO2. The maximum Gasteiger partial charge on any atom is 0.0898 e. The van der Waals surface area contributed by atoms with Gasteiger partial charge in [-0.3, -0.25) is 0 Å². The molecule has 1 aromatic carbocycles. The van der Waals surface area contributed by atoms with Gasteiger partial charge >= 0.3 is 0 Å². The van der Waals surface area contributed by atoms with Crippen LogP contribution < -0.4 is 5.32 Å².